The number of pyridine rings is 1. The highest BCUT2D eigenvalue weighted by Gasteiger charge is 2.36. The molecule has 3 heterocycles. The zero-order chi connectivity index (χ0) is 32.7. The molecule has 0 saturated heterocycles. The lowest BCUT2D eigenvalue weighted by atomic mass is 9.99. The zero-order valence-corrected chi connectivity index (χ0v) is 28.3. The smallest absolute Gasteiger partial charge is 0.263 e. The molecule has 6 rings (SSSR count). The third kappa shape index (κ3) is 6.57. The Bertz CT molecular complexity index is 1780. The van der Waals surface area contributed by atoms with Crippen molar-refractivity contribution in [1.29, 1.82) is 0 Å². The number of halogens is 1. The molecular formula is C36H43ClN5O4+. The number of nitrogens with zero attached hydrogens (tertiary/aromatic N) is 5. The van der Waals surface area contributed by atoms with Gasteiger partial charge in [0.25, 0.3) is 5.91 Å². The second kappa shape index (κ2) is 12.6. The number of benzene rings is 2. The third-order valence-corrected chi connectivity index (χ3v) is 9.29. The van der Waals surface area contributed by atoms with E-state index in [1.165, 1.54) is 12.8 Å². The molecule has 1 atom stereocenters. The number of anilines is 2. The molecule has 4 aromatic rings. The van der Waals surface area contributed by atoms with E-state index in [2.05, 4.69) is 37.1 Å². The molecule has 1 saturated carbocycles. The predicted octanol–water partition coefficient (Wildman–Crippen LogP) is 6.87. The number of aryl methyl sites for hydroxylation is 1. The van der Waals surface area contributed by atoms with Gasteiger partial charge in [-0.05, 0) is 49.6 Å². The molecule has 1 aliphatic heterocycles. The Labute approximate surface area is 275 Å². The molecule has 2 amide bonds. The minimum Gasteiger partial charge on any atom is -0.460 e. The average molecular weight is 645 g/mol. The number of para-hydroxylation sites is 2. The molecular weight excluding hydrogens is 602 g/mol. The molecule has 1 aliphatic carbocycles. The molecule has 0 spiro atoms. The van der Waals surface area contributed by atoms with Gasteiger partial charge in [-0.15, -0.1) is 0 Å². The van der Waals surface area contributed by atoms with Crippen molar-refractivity contribution in [2.24, 2.45) is 0 Å². The van der Waals surface area contributed by atoms with Crippen molar-refractivity contribution >= 4 is 45.8 Å². The molecule has 242 valence electrons. The Morgan fingerprint density at radius 2 is 1.85 bits per heavy atom. The van der Waals surface area contributed by atoms with Gasteiger partial charge in [0.15, 0.2) is 0 Å². The first-order valence-corrected chi connectivity index (χ1v) is 16.4. The van der Waals surface area contributed by atoms with E-state index in [4.69, 9.17) is 20.8 Å². The van der Waals surface area contributed by atoms with E-state index in [-0.39, 0.29) is 17.7 Å². The van der Waals surface area contributed by atoms with Crippen LogP contribution in [0.1, 0.15) is 53.8 Å². The van der Waals surface area contributed by atoms with Crippen LogP contribution in [0.5, 0.6) is 11.5 Å². The molecule has 1 unspecified atom stereocenters. The Morgan fingerprint density at radius 3 is 2.57 bits per heavy atom. The third-order valence-electron chi connectivity index (χ3n) is 9.00. The van der Waals surface area contributed by atoms with E-state index in [0.717, 1.165) is 45.7 Å². The van der Waals surface area contributed by atoms with E-state index in [1.807, 2.05) is 50.1 Å². The number of quaternary nitrogens is 1. The van der Waals surface area contributed by atoms with Gasteiger partial charge in [-0.1, -0.05) is 30.7 Å². The van der Waals surface area contributed by atoms with Crippen molar-refractivity contribution in [3.05, 3.63) is 76.8 Å². The van der Waals surface area contributed by atoms with Crippen LogP contribution >= 0.6 is 11.6 Å². The fourth-order valence-electron chi connectivity index (χ4n) is 6.13. The fourth-order valence-corrected chi connectivity index (χ4v) is 6.32. The number of hydrogen-bond acceptors (Lipinski definition) is 6. The highest BCUT2D eigenvalue weighted by molar-refractivity contribution is 6.32. The number of hydrogen-bond donors (Lipinski definition) is 0. The SMILES string of the molecule is Cc1c(C(C)CC(=O)N(C)CC[N+](C)(C)C)oc2cc(Cl)c(Oc3ccncc3C(=O)N3CCN(C4CC4)c4ccccc43)cc12. The summed E-state index contributed by atoms with van der Waals surface area (Å²) in [7, 11) is 8.20. The number of rotatable bonds is 10. The van der Waals surface area contributed by atoms with Crippen molar-refractivity contribution in [1.82, 2.24) is 9.88 Å². The first kappa shape index (κ1) is 31.9. The molecule has 2 aromatic heterocycles. The van der Waals surface area contributed by atoms with Gasteiger partial charge < -0.3 is 28.3 Å². The summed E-state index contributed by atoms with van der Waals surface area (Å²) in [5.41, 5.74) is 3.90. The standard InChI is InChI=1S/C36H43ClN5O4/c1-23(19-34(43)39(3)17-18-42(4,5)6)35-24(2)26-20-33(28(37)21-32(26)46-35)45-31-13-14-38-22-27(31)36(44)41-16-15-40(25-11-12-25)29-9-7-8-10-30(29)41/h7-10,13-14,20-23,25H,11-12,15-19H2,1-6H3/q+1. The van der Waals surface area contributed by atoms with Gasteiger partial charge >= 0.3 is 0 Å². The van der Waals surface area contributed by atoms with Gasteiger partial charge in [-0.2, -0.15) is 0 Å². The van der Waals surface area contributed by atoms with Gasteiger partial charge in [-0.25, -0.2) is 0 Å². The molecule has 2 aromatic carbocycles. The van der Waals surface area contributed by atoms with Crippen LogP contribution in [0.2, 0.25) is 5.02 Å². The number of ether oxygens (including phenoxy) is 1. The van der Waals surface area contributed by atoms with Crippen molar-refractivity contribution < 1.29 is 23.2 Å². The number of aromatic nitrogens is 1. The van der Waals surface area contributed by atoms with Gasteiger partial charge in [0.1, 0.15) is 28.4 Å². The van der Waals surface area contributed by atoms with Gasteiger partial charge in [0.05, 0.1) is 50.6 Å². The Hall–Kier alpha value is -4.08. The molecule has 10 heteroatoms. The van der Waals surface area contributed by atoms with Crippen molar-refractivity contribution in [3.63, 3.8) is 0 Å². The number of fused-ring (bicyclic) bond motifs is 2. The molecule has 1 fully saturated rings. The van der Waals surface area contributed by atoms with E-state index in [1.54, 1.807) is 29.4 Å². The maximum Gasteiger partial charge on any atom is 0.263 e. The first-order chi connectivity index (χ1) is 21.9. The normalized spacial score (nSPS) is 15.5. The lowest BCUT2D eigenvalue weighted by molar-refractivity contribution is -0.869. The van der Waals surface area contributed by atoms with Gasteiger partial charge in [0, 0.05) is 62.4 Å². The second-order valence-electron chi connectivity index (χ2n) is 13.6. The number of carbonyl (C=O) groups excluding carboxylic acids is 2. The summed E-state index contributed by atoms with van der Waals surface area (Å²) in [6, 6.07) is 13.9. The summed E-state index contributed by atoms with van der Waals surface area (Å²) in [6.07, 6.45) is 5.88. The lowest BCUT2D eigenvalue weighted by Gasteiger charge is -2.38. The minimum absolute atomic E-state index is 0.0781. The highest BCUT2D eigenvalue weighted by atomic mass is 35.5. The van der Waals surface area contributed by atoms with Crippen LogP contribution < -0.4 is 14.5 Å². The van der Waals surface area contributed by atoms with E-state index >= 15 is 0 Å². The summed E-state index contributed by atoms with van der Waals surface area (Å²) in [4.78, 5) is 37.3. The van der Waals surface area contributed by atoms with E-state index in [0.29, 0.717) is 53.2 Å². The predicted molar refractivity (Wildman–Crippen MR) is 182 cm³/mol. The van der Waals surface area contributed by atoms with Crippen LogP contribution in [0.3, 0.4) is 0 Å². The average Bonchev–Trinajstić information content (AvgIpc) is 3.82. The second-order valence-corrected chi connectivity index (χ2v) is 14.1. The Kier molecular flexibility index (Phi) is 8.74. The Balaban J connectivity index is 1.22. The van der Waals surface area contributed by atoms with Crippen molar-refractivity contribution in [2.75, 3.05) is 64.2 Å². The molecule has 2 aliphatic rings. The topological polar surface area (TPSA) is 79.1 Å². The summed E-state index contributed by atoms with van der Waals surface area (Å²) < 4.78 is 13.4. The maximum atomic E-state index is 14.0. The van der Waals surface area contributed by atoms with Crippen LogP contribution in [-0.4, -0.2) is 86.6 Å². The molecule has 0 radical (unpaired) electrons. The lowest BCUT2D eigenvalue weighted by Crippen LogP contribution is -2.45. The summed E-state index contributed by atoms with van der Waals surface area (Å²) in [6.45, 7) is 6.92. The van der Waals surface area contributed by atoms with Crippen LogP contribution in [-0.2, 0) is 4.79 Å². The fraction of sp³-hybridized carbons (Fsp3) is 0.417. The van der Waals surface area contributed by atoms with Crippen molar-refractivity contribution in [2.45, 2.75) is 45.1 Å². The highest BCUT2D eigenvalue weighted by Crippen LogP contribution is 2.42. The van der Waals surface area contributed by atoms with Gasteiger partial charge in [-0.3, -0.25) is 14.6 Å². The molecule has 0 N–H and O–H groups in total. The van der Waals surface area contributed by atoms with Gasteiger partial charge in [0.2, 0.25) is 5.91 Å². The number of likely N-dealkylation sites (N-methyl/N-ethyl adjacent to an activating group) is 2. The minimum atomic E-state index is -0.171. The number of carbonyl (C=O) groups is 2. The monoisotopic (exact) mass is 644 g/mol. The van der Waals surface area contributed by atoms with E-state index < -0.39 is 0 Å². The van der Waals surface area contributed by atoms with Crippen LogP contribution in [0.4, 0.5) is 11.4 Å². The summed E-state index contributed by atoms with van der Waals surface area (Å²) >= 11 is 6.73. The summed E-state index contributed by atoms with van der Waals surface area (Å²) in [5.74, 6) is 1.32. The van der Waals surface area contributed by atoms with Crippen molar-refractivity contribution in [3.8, 4) is 11.5 Å². The molecule has 9 nitrogen and oxygen atoms in total. The summed E-state index contributed by atoms with van der Waals surface area (Å²) in [5, 5.41) is 1.20. The molecule has 0 bridgehead atoms. The van der Waals surface area contributed by atoms with Crippen LogP contribution in [0.25, 0.3) is 11.0 Å². The zero-order valence-electron chi connectivity index (χ0n) is 27.5. The van der Waals surface area contributed by atoms with Crippen LogP contribution in [0, 0.1) is 6.92 Å². The Morgan fingerprint density at radius 1 is 1.11 bits per heavy atom. The number of amides is 2. The van der Waals surface area contributed by atoms with Crippen LogP contribution in [0.15, 0.2) is 59.3 Å². The molecule has 46 heavy (non-hydrogen) atoms. The number of furan rings is 1. The first-order valence-electron chi connectivity index (χ1n) is 16.0. The quantitative estimate of drug-likeness (QED) is 0.175. The maximum absolute atomic E-state index is 14.0. The largest absolute Gasteiger partial charge is 0.460 e. The van der Waals surface area contributed by atoms with E-state index in [9.17, 15) is 9.59 Å².